The molecule has 1 aliphatic rings. The number of nitrogens with one attached hydrogen (secondary N) is 1. The summed E-state index contributed by atoms with van der Waals surface area (Å²) in [5.41, 5.74) is 0.943. The van der Waals surface area contributed by atoms with Crippen molar-refractivity contribution < 1.29 is 23.9 Å². The van der Waals surface area contributed by atoms with Crippen molar-refractivity contribution in [3.8, 4) is 5.75 Å². The average Bonchev–Trinajstić information content (AvgIpc) is 2.50. The van der Waals surface area contributed by atoms with Gasteiger partial charge in [0.15, 0.2) is 0 Å². The van der Waals surface area contributed by atoms with Crippen LogP contribution in [0.25, 0.3) is 0 Å². The fourth-order valence-corrected chi connectivity index (χ4v) is 3.67. The van der Waals surface area contributed by atoms with Gasteiger partial charge >= 0.3 is 5.97 Å². The quantitative estimate of drug-likeness (QED) is 0.718. The summed E-state index contributed by atoms with van der Waals surface area (Å²) in [5.74, 6) is -0.849. The van der Waals surface area contributed by atoms with E-state index >= 15 is 0 Å². The first kappa shape index (κ1) is 20.0. The van der Waals surface area contributed by atoms with Gasteiger partial charge in [0.05, 0.1) is 26.2 Å². The summed E-state index contributed by atoms with van der Waals surface area (Å²) >= 11 is -1.27. The molecule has 0 amide bonds. The van der Waals surface area contributed by atoms with E-state index in [1.165, 1.54) is 0 Å². The third-order valence-corrected chi connectivity index (χ3v) is 6.08. The molecule has 0 spiro atoms. The number of carboxylic acids is 1. The Morgan fingerprint density at radius 3 is 2.52 bits per heavy atom. The summed E-state index contributed by atoms with van der Waals surface area (Å²) in [6, 6.07) is 5.43. The summed E-state index contributed by atoms with van der Waals surface area (Å²) in [6.45, 7) is 8.34. The lowest BCUT2D eigenvalue weighted by molar-refractivity contribution is -0.138. The van der Waals surface area contributed by atoms with Crippen molar-refractivity contribution >= 4 is 17.3 Å². The number of ether oxygens (including phenoxy) is 2. The lowest BCUT2D eigenvalue weighted by atomic mass is 9.86. The first-order valence-electron chi connectivity index (χ1n) is 8.33. The van der Waals surface area contributed by atoms with Crippen molar-refractivity contribution in [3.63, 3.8) is 0 Å². The molecule has 1 aromatic rings. The summed E-state index contributed by atoms with van der Waals surface area (Å²) in [6.07, 6.45) is 0.498. The Balaban J connectivity index is 2.38. The third-order valence-electron chi connectivity index (χ3n) is 4.39. The first-order valence-corrected chi connectivity index (χ1v) is 9.48. The third kappa shape index (κ3) is 4.11. The number of aliphatic carboxylic acids is 1. The minimum absolute atomic E-state index is 0.390. The number of hydrogen-bond acceptors (Lipinski definition) is 5. The maximum Gasteiger partial charge on any atom is 0.310 e. The van der Waals surface area contributed by atoms with E-state index in [-0.39, 0.29) is 0 Å². The summed E-state index contributed by atoms with van der Waals surface area (Å²) in [4.78, 5) is 11.4. The highest BCUT2D eigenvalue weighted by Crippen LogP contribution is 2.39. The molecule has 6 nitrogen and oxygen atoms in total. The van der Waals surface area contributed by atoms with Crippen LogP contribution in [0.1, 0.15) is 51.2 Å². The van der Waals surface area contributed by atoms with Crippen LogP contribution in [0.5, 0.6) is 5.75 Å². The number of carboxylic acid groups (broad SMARTS) is 1. The smallest absolute Gasteiger partial charge is 0.310 e. The second-order valence-electron chi connectivity index (χ2n) is 7.32. The Morgan fingerprint density at radius 2 is 2.12 bits per heavy atom. The van der Waals surface area contributed by atoms with E-state index in [4.69, 9.17) is 9.47 Å². The van der Waals surface area contributed by atoms with Gasteiger partial charge in [-0.2, -0.15) is 0 Å². The van der Waals surface area contributed by atoms with Gasteiger partial charge in [-0.25, -0.2) is 0 Å². The second kappa shape index (κ2) is 7.53. The average molecular weight is 369 g/mol. The Labute approximate surface area is 152 Å². The molecule has 140 valence electrons. The lowest BCUT2D eigenvalue weighted by Crippen LogP contribution is -2.61. The van der Waals surface area contributed by atoms with E-state index in [1.807, 2.05) is 39.8 Å². The van der Waals surface area contributed by atoms with Gasteiger partial charge in [-0.15, -0.1) is 4.72 Å². The van der Waals surface area contributed by atoms with Gasteiger partial charge in [0.2, 0.25) is 0 Å². The number of methoxy groups -OCH3 is 1. The van der Waals surface area contributed by atoms with Crippen LogP contribution in [-0.4, -0.2) is 40.7 Å². The topological polar surface area (TPSA) is 90.9 Å². The van der Waals surface area contributed by atoms with Gasteiger partial charge in [-0.1, -0.05) is 19.1 Å². The van der Waals surface area contributed by atoms with Crippen molar-refractivity contribution in [1.29, 1.82) is 0 Å². The molecule has 0 saturated carbocycles. The van der Waals surface area contributed by atoms with Gasteiger partial charge in [0.25, 0.3) is 0 Å². The maximum absolute atomic E-state index is 12.6. The fraction of sp³-hybridized carbons (Fsp3) is 0.611. The number of rotatable bonds is 7. The van der Waals surface area contributed by atoms with Crippen LogP contribution in [0.15, 0.2) is 18.2 Å². The van der Waals surface area contributed by atoms with Crippen LogP contribution in [0.3, 0.4) is 0 Å². The van der Waals surface area contributed by atoms with Crippen LogP contribution >= 0.6 is 0 Å². The largest absolute Gasteiger partial charge is 0.598 e. The molecular formula is C18H27NO5S. The Morgan fingerprint density at radius 1 is 1.48 bits per heavy atom. The van der Waals surface area contributed by atoms with Crippen molar-refractivity contribution in [1.82, 2.24) is 4.72 Å². The van der Waals surface area contributed by atoms with Crippen LogP contribution in [0, 0.1) is 0 Å². The number of benzene rings is 1. The lowest BCUT2D eigenvalue weighted by Gasteiger charge is -2.43. The summed E-state index contributed by atoms with van der Waals surface area (Å²) in [5, 5.41) is 9.37. The zero-order valence-electron chi connectivity index (χ0n) is 15.4. The molecule has 25 heavy (non-hydrogen) atoms. The summed E-state index contributed by atoms with van der Waals surface area (Å²) in [7, 11) is 1.55. The van der Waals surface area contributed by atoms with Crippen LogP contribution in [0.4, 0.5) is 0 Å². The molecule has 0 aliphatic carbocycles. The van der Waals surface area contributed by atoms with Crippen LogP contribution in [-0.2, 0) is 26.4 Å². The standard InChI is InChI=1S/C18H27NO5S/c1-6-13(16(20)21)12-7-8-14(15(9-12)23-5)18(10-24-11-18)19-25(22)17(2,3)4/h7-9,13,19H,6,10-11H2,1-5H3,(H,20,21). The highest BCUT2D eigenvalue weighted by molar-refractivity contribution is 7.90. The summed E-state index contributed by atoms with van der Waals surface area (Å²) < 4.78 is 26.3. The van der Waals surface area contributed by atoms with Gasteiger partial charge in [-0.3, -0.25) is 4.79 Å². The number of hydrogen-bond donors (Lipinski definition) is 2. The minimum atomic E-state index is -1.27. The molecule has 2 rings (SSSR count). The van der Waals surface area contributed by atoms with Crippen molar-refractivity contribution in [2.75, 3.05) is 20.3 Å². The molecule has 7 heteroatoms. The minimum Gasteiger partial charge on any atom is -0.598 e. The molecule has 1 aliphatic heterocycles. The van der Waals surface area contributed by atoms with Gasteiger partial charge in [0.1, 0.15) is 16.0 Å². The zero-order chi connectivity index (χ0) is 18.8. The molecule has 2 N–H and O–H groups in total. The van der Waals surface area contributed by atoms with Gasteiger partial charge < -0.3 is 19.1 Å². The molecule has 1 heterocycles. The van der Waals surface area contributed by atoms with Crippen molar-refractivity contribution in [2.45, 2.75) is 50.3 Å². The second-order valence-corrected chi connectivity index (χ2v) is 9.28. The predicted octanol–water partition coefficient (Wildman–Crippen LogP) is 2.55. The van der Waals surface area contributed by atoms with E-state index in [2.05, 4.69) is 4.72 Å². The molecule has 1 saturated heterocycles. The fourth-order valence-electron chi connectivity index (χ4n) is 2.78. The SMILES string of the molecule is CCC(C(=O)O)c1ccc(C2(N[S+]([O-])C(C)(C)C)COC2)c(OC)c1. The molecule has 1 fully saturated rings. The van der Waals surface area contributed by atoms with E-state index < -0.39 is 33.5 Å². The normalized spacial score (nSPS) is 19.0. The van der Waals surface area contributed by atoms with Crippen LogP contribution < -0.4 is 9.46 Å². The first-order chi connectivity index (χ1) is 11.6. The van der Waals surface area contributed by atoms with E-state index in [1.54, 1.807) is 13.2 Å². The molecule has 2 atom stereocenters. The molecule has 1 aromatic carbocycles. The zero-order valence-corrected chi connectivity index (χ0v) is 16.2. The molecule has 2 unspecified atom stereocenters. The predicted molar refractivity (Wildman–Crippen MR) is 97.2 cm³/mol. The Bertz CT molecular complexity index is 624. The molecular weight excluding hydrogens is 342 g/mol. The maximum atomic E-state index is 12.6. The van der Waals surface area contributed by atoms with E-state index in [9.17, 15) is 14.5 Å². The van der Waals surface area contributed by atoms with E-state index in [0.29, 0.717) is 30.9 Å². The molecule has 0 bridgehead atoms. The van der Waals surface area contributed by atoms with Crippen molar-refractivity contribution in [3.05, 3.63) is 29.3 Å². The Hall–Kier alpha value is -1.28. The molecule has 0 aromatic heterocycles. The monoisotopic (exact) mass is 369 g/mol. The van der Waals surface area contributed by atoms with E-state index in [0.717, 1.165) is 5.56 Å². The van der Waals surface area contributed by atoms with Gasteiger partial charge in [-0.05, 0) is 38.8 Å². The van der Waals surface area contributed by atoms with Crippen LogP contribution in [0.2, 0.25) is 0 Å². The highest BCUT2D eigenvalue weighted by atomic mass is 32.2. The number of carbonyl (C=O) groups is 1. The van der Waals surface area contributed by atoms with Gasteiger partial charge in [0, 0.05) is 16.9 Å². The molecule has 0 radical (unpaired) electrons. The Kier molecular flexibility index (Phi) is 6.04. The van der Waals surface area contributed by atoms with Crippen molar-refractivity contribution in [2.24, 2.45) is 0 Å². The highest BCUT2D eigenvalue weighted by Gasteiger charge is 2.48.